The lowest BCUT2D eigenvalue weighted by Gasteiger charge is -2.26. The van der Waals surface area contributed by atoms with Crippen LogP contribution in [-0.2, 0) is 6.54 Å². The van der Waals surface area contributed by atoms with Gasteiger partial charge in [0.15, 0.2) is 0 Å². The van der Waals surface area contributed by atoms with Crippen LogP contribution < -0.4 is 14.4 Å². The van der Waals surface area contributed by atoms with Crippen molar-refractivity contribution in [3.8, 4) is 22.6 Å². The number of anilines is 2. The molecule has 9 heteroatoms. The van der Waals surface area contributed by atoms with Crippen LogP contribution in [0.1, 0.15) is 5.82 Å². The number of aromatic nitrogens is 4. The Balaban J connectivity index is 1.61. The number of pyridine rings is 2. The molecule has 0 atom stereocenters. The van der Waals surface area contributed by atoms with E-state index in [0.29, 0.717) is 18.0 Å². The molecule has 3 aromatic heterocycles. The van der Waals surface area contributed by atoms with Gasteiger partial charge in [0.1, 0.15) is 17.3 Å². The first-order valence-electron chi connectivity index (χ1n) is 11.7. The first kappa shape index (κ1) is 24.6. The van der Waals surface area contributed by atoms with Crippen LogP contribution in [0.4, 0.5) is 11.4 Å². The molecule has 0 saturated heterocycles. The molecular formula is C28H28N6O2S. The Morgan fingerprint density at radius 2 is 1.65 bits per heavy atom. The van der Waals surface area contributed by atoms with Gasteiger partial charge in [-0.3, -0.25) is 13.9 Å². The van der Waals surface area contributed by atoms with Crippen molar-refractivity contribution in [3.05, 3.63) is 91.4 Å². The Morgan fingerprint density at radius 3 is 2.35 bits per heavy atom. The summed E-state index contributed by atoms with van der Waals surface area (Å²) in [7, 11) is 7.33. The van der Waals surface area contributed by atoms with E-state index in [1.165, 1.54) is 0 Å². The minimum atomic E-state index is 0.533. The number of ether oxygens (including phenoxy) is 2. The monoisotopic (exact) mass is 512 g/mol. The number of methoxy groups -OCH3 is 2. The van der Waals surface area contributed by atoms with Crippen molar-refractivity contribution in [2.24, 2.45) is 0 Å². The van der Waals surface area contributed by atoms with Gasteiger partial charge in [0, 0.05) is 89.2 Å². The zero-order chi connectivity index (χ0) is 25.8. The fourth-order valence-electron chi connectivity index (χ4n) is 4.08. The van der Waals surface area contributed by atoms with E-state index >= 15 is 0 Å². The summed E-state index contributed by atoms with van der Waals surface area (Å²) in [5.41, 5.74) is 4.89. The van der Waals surface area contributed by atoms with Crippen LogP contribution in [0.3, 0.4) is 0 Å². The zero-order valence-corrected chi connectivity index (χ0v) is 22.0. The Morgan fingerprint density at radius 1 is 0.838 bits per heavy atom. The van der Waals surface area contributed by atoms with Crippen molar-refractivity contribution in [1.82, 2.24) is 23.2 Å². The fraction of sp³-hybridized carbons (Fsp3) is 0.179. The molecule has 0 fully saturated rings. The SMILES string of the molecule is COc1cc(OC)cc(N(Cc2nccn2SN(C)C)c2ccc3ncc(-c4cccnc4)cc3c2)c1. The van der Waals surface area contributed by atoms with Crippen LogP contribution in [0.5, 0.6) is 11.5 Å². The highest BCUT2D eigenvalue weighted by Crippen LogP contribution is 2.36. The van der Waals surface area contributed by atoms with E-state index in [0.717, 1.165) is 39.2 Å². The molecule has 0 spiro atoms. The number of fused-ring (bicyclic) bond motifs is 1. The molecule has 0 N–H and O–H groups in total. The molecule has 0 aliphatic heterocycles. The topological polar surface area (TPSA) is 68.5 Å². The maximum atomic E-state index is 5.58. The first-order valence-corrected chi connectivity index (χ1v) is 12.5. The third-order valence-corrected chi connectivity index (χ3v) is 6.69. The molecule has 0 aliphatic carbocycles. The molecule has 37 heavy (non-hydrogen) atoms. The van der Waals surface area contributed by atoms with Gasteiger partial charge in [-0.15, -0.1) is 0 Å². The highest BCUT2D eigenvalue weighted by Gasteiger charge is 2.17. The smallest absolute Gasteiger partial charge is 0.139 e. The summed E-state index contributed by atoms with van der Waals surface area (Å²) in [5, 5.41) is 1.03. The molecule has 0 amide bonds. The molecular weight excluding hydrogens is 484 g/mol. The third kappa shape index (κ3) is 5.52. The molecule has 0 bridgehead atoms. The lowest BCUT2D eigenvalue weighted by Crippen LogP contribution is -2.19. The number of benzene rings is 2. The van der Waals surface area contributed by atoms with Gasteiger partial charge >= 0.3 is 0 Å². The van der Waals surface area contributed by atoms with Gasteiger partial charge in [0.05, 0.1) is 26.3 Å². The normalized spacial score (nSPS) is 11.2. The standard InChI is InChI=1S/C28H28N6O2S/c1-32(2)37-34-11-10-30-28(34)19-33(24-14-25(35-3)16-26(15-24)36-4)23-7-8-27-21(13-23)12-22(18-31-27)20-6-5-9-29-17-20/h5-18H,19H2,1-4H3. The quantitative estimate of drug-likeness (QED) is 0.229. The second-order valence-electron chi connectivity index (χ2n) is 8.56. The third-order valence-electron chi connectivity index (χ3n) is 5.85. The molecule has 3 heterocycles. The summed E-state index contributed by atoms with van der Waals surface area (Å²) in [6.45, 7) is 0.533. The summed E-state index contributed by atoms with van der Waals surface area (Å²) < 4.78 is 15.2. The summed E-state index contributed by atoms with van der Waals surface area (Å²) in [5.74, 6) is 2.33. The summed E-state index contributed by atoms with van der Waals surface area (Å²) >= 11 is 1.58. The van der Waals surface area contributed by atoms with Crippen molar-refractivity contribution >= 4 is 34.4 Å². The lowest BCUT2D eigenvalue weighted by molar-refractivity contribution is 0.394. The lowest BCUT2D eigenvalue weighted by atomic mass is 10.1. The number of rotatable bonds is 9. The second-order valence-corrected chi connectivity index (χ2v) is 9.85. The molecule has 0 radical (unpaired) electrons. The van der Waals surface area contributed by atoms with E-state index < -0.39 is 0 Å². The van der Waals surface area contributed by atoms with Crippen LogP contribution in [0.25, 0.3) is 22.0 Å². The summed E-state index contributed by atoms with van der Waals surface area (Å²) in [6.07, 6.45) is 9.30. The van der Waals surface area contributed by atoms with E-state index in [-0.39, 0.29) is 0 Å². The molecule has 5 aromatic rings. The van der Waals surface area contributed by atoms with Crippen molar-refractivity contribution in [1.29, 1.82) is 0 Å². The minimum Gasteiger partial charge on any atom is -0.497 e. The molecule has 5 rings (SSSR count). The van der Waals surface area contributed by atoms with Crippen LogP contribution >= 0.6 is 12.1 Å². The van der Waals surface area contributed by atoms with E-state index in [2.05, 4.69) is 37.0 Å². The predicted octanol–water partition coefficient (Wildman–Crippen LogP) is 5.82. The first-order chi connectivity index (χ1) is 18.0. The number of hydrogen-bond acceptors (Lipinski definition) is 8. The average molecular weight is 513 g/mol. The van der Waals surface area contributed by atoms with Gasteiger partial charge in [-0.1, -0.05) is 6.07 Å². The molecule has 0 saturated carbocycles. The fourth-order valence-corrected chi connectivity index (χ4v) is 4.74. The Hall–Kier alpha value is -4.08. The molecule has 0 aliphatic rings. The van der Waals surface area contributed by atoms with Crippen LogP contribution in [0.15, 0.2) is 85.6 Å². The Kier molecular flexibility index (Phi) is 7.25. The second kappa shape index (κ2) is 10.9. The number of hydrogen-bond donors (Lipinski definition) is 0. The Bertz CT molecular complexity index is 1480. The van der Waals surface area contributed by atoms with Crippen molar-refractivity contribution in [2.45, 2.75) is 6.54 Å². The van der Waals surface area contributed by atoms with Gasteiger partial charge in [0.25, 0.3) is 0 Å². The van der Waals surface area contributed by atoms with Crippen LogP contribution in [0.2, 0.25) is 0 Å². The van der Waals surface area contributed by atoms with Crippen molar-refractivity contribution in [2.75, 3.05) is 33.2 Å². The highest BCUT2D eigenvalue weighted by atomic mass is 32.2. The summed E-state index contributed by atoms with van der Waals surface area (Å²) in [6, 6.07) is 18.3. The molecule has 0 unspecified atom stereocenters. The average Bonchev–Trinajstić information content (AvgIpc) is 3.36. The van der Waals surface area contributed by atoms with E-state index in [1.54, 1.807) is 32.6 Å². The molecule has 188 valence electrons. The van der Waals surface area contributed by atoms with Gasteiger partial charge in [0.2, 0.25) is 0 Å². The predicted molar refractivity (Wildman–Crippen MR) is 149 cm³/mol. The zero-order valence-electron chi connectivity index (χ0n) is 21.2. The van der Waals surface area contributed by atoms with Crippen molar-refractivity contribution < 1.29 is 9.47 Å². The summed E-state index contributed by atoms with van der Waals surface area (Å²) in [4.78, 5) is 15.8. The van der Waals surface area contributed by atoms with Gasteiger partial charge in [-0.2, -0.15) is 0 Å². The highest BCUT2D eigenvalue weighted by molar-refractivity contribution is 7.95. The largest absolute Gasteiger partial charge is 0.497 e. The number of nitrogens with zero attached hydrogens (tertiary/aromatic N) is 6. The van der Waals surface area contributed by atoms with E-state index in [9.17, 15) is 0 Å². The maximum absolute atomic E-state index is 5.58. The van der Waals surface area contributed by atoms with E-state index in [1.807, 2.05) is 79.6 Å². The molecule has 2 aromatic carbocycles. The van der Waals surface area contributed by atoms with Crippen LogP contribution in [0, 0.1) is 0 Å². The van der Waals surface area contributed by atoms with Gasteiger partial charge in [-0.05, 0) is 44.4 Å². The van der Waals surface area contributed by atoms with Crippen LogP contribution in [-0.4, -0.2) is 51.5 Å². The molecule has 8 nitrogen and oxygen atoms in total. The Labute approximate surface area is 220 Å². The van der Waals surface area contributed by atoms with E-state index in [4.69, 9.17) is 14.5 Å². The van der Waals surface area contributed by atoms with Crippen molar-refractivity contribution in [3.63, 3.8) is 0 Å². The van der Waals surface area contributed by atoms with Gasteiger partial charge in [-0.25, -0.2) is 9.29 Å². The minimum absolute atomic E-state index is 0.533. The number of imidazole rings is 1. The van der Waals surface area contributed by atoms with Gasteiger partial charge < -0.3 is 14.4 Å². The maximum Gasteiger partial charge on any atom is 0.139 e.